The molecule has 0 unspecified atom stereocenters. The first-order chi connectivity index (χ1) is 10.6. The first kappa shape index (κ1) is 14.3. The molecule has 22 heavy (non-hydrogen) atoms. The van der Waals surface area contributed by atoms with Gasteiger partial charge in [0.2, 0.25) is 5.91 Å². The van der Waals surface area contributed by atoms with Crippen LogP contribution in [0.2, 0.25) is 0 Å². The van der Waals surface area contributed by atoms with Crippen molar-refractivity contribution in [3.63, 3.8) is 0 Å². The fraction of sp³-hybridized carbons (Fsp3) is 0.222. The first-order valence-electron chi connectivity index (χ1n) is 7.33. The summed E-state index contributed by atoms with van der Waals surface area (Å²) < 4.78 is 0. The third-order valence-electron chi connectivity index (χ3n) is 3.84. The van der Waals surface area contributed by atoms with Crippen LogP contribution in [-0.2, 0) is 4.79 Å². The maximum atomic E-state index is 11.8. The van der Waals surface area contributed by atoms with E-state index in [2.05, 4.69) is 5.10 Å². The number of hydrazone groups is 1. The van der Waals surface area contributed by atoms with Gasteiger partial charge in [-0.25, -0.2) is 5.01 Å². The lowest BCUT2D eigenvalue weighted by molar-refractivity contribution is -0.146. The molecular weight excluding hydrogens is 274 g/mol. The highest BCUT2D eigenvalue weighted by Gasteiger charge is 2.37. The Morgan fingerprint density at radius 1 is 1.09 bits per heavy atom. The van der Waals surface area contributed by atoms with Gasteiger partial charge >= 0.3 is 0 Å². The molecule has 0 spiro atoms. The van der Waals surface area contributed by atoms with E-state index in [0.29, 0.717) is 6.42 Å². The molecule has 1 aliphatic heterocycles. The first-order valence-corrected chi connectivity index (χ1v) is 7.33. The van der Waals surface area contributed by atoms with Gasteiger partial charge in [-0.3, -0.25) is 4.79 Å². The van der Waals surface area contributed by atoms with Gasteiger partial charge in [0, 0.05) is 19.8 Å². The molecule has 0 aliphatic carbocycles. The number of benzene rings is 2. The lowest BCUT2D eigenvalue weighted by atomic mass is 9.96. The van der Waals surface area contributed by atoms with E-state index in [1.54, 1.807) is 11.2 Å². The van der Waals surface area contributed by atoms with Crippen LogP contribution >= 0.6 is 0 Å². The summed E-state index contributed by atoms with van der Waals surface area (Å²) in [7, 11) is 4.01. The summed E-state index contributed by atoms with van der Waals surface area (Å²) in [6.45, 7) is 0. The van der Waals surface area contributed by atoms with E-state index in [1.807, 2.05) is 73.6 Å². The highest BCUT2D eigenvalue weighted by Crippen LogP contribution is 2.34. The summed E-state index contributed by atoms with van der Waals surface area (Å²) in [5, 5.41) is 5.92. The Morgan fingerprint density at radius 3 is 2.36 bits per heavy atom. The molecule has 0 N–H and O–H groups in total. The minimum Gasteiger partial charge on any atom is -0.378 e. The van der Waals surface area contributed by atoms with E-state index < -0.39 is 0 Å². The molecule has 0 radical (unpaired) electrons. The number of β-lactam (4-membered cyclic amide) rings is 1. The minimum absolute atomic E-state index is 0.0611. The smallest absolute Gasteiger partial charge is 0.245 e. The van der Waals surface area contributed by atoms with Crippen LogP contribution in [0.15, 0.2) is 59.7 Å². The maximum absolute atomic E-state index is 11.8. The molecule has 2 aromatic rings. The van der Waals surface area contributed by atoms with Crippen molar-refractivity contribution in [1.82, 2.24) is 5.01 Å². The Balaban J connectivity index is 1.72. The number of carbonyl (C=O) groups is 1. The van der Waals surface area contributed by atoms with Gasteiger partial charge in [-0.05, 0) is 23.3 Å². The normalized spacial score (nSPS) is 17.6. The summed E-state index contributed by atoms with van der Waals surface area (Å²) in [6.07, 6.45) is 2.27. The van der Waals surface area contributed by atoms with Gasteiger partial charge < -0.3 is 4.90 Å². The quantitative estimate of drug-likeness (QED) is 0.641. The van der Waals surface area contributed by atoms with Crippen molar-refractivity contribution in [3.05, 3.63) is 65.7 Å². The highest BCUT2D eigenvalue weighted by molar-refractivity contribution is 5.86. The Bertz CT molecular complexity index is 677. The molecule has 3 rings (SSSR count). The van der Waals surface area contributed by atoms with Crippen LogP contribution in [0.3, 0.4) is 0 Å². The van der Waals surface area contributed by atoms with E-state index in [4.69, 9.17) is 0 Å². The topological polar surface area (TPSA) is 35.9 Å². The van der Waals surface area contributed by atoms with Crippen molar-refractivity contribution in [1.29, 1.82) is 0 Å². The van der Waals surface area contributed by atoms with Gasteiger partial charge in [0.05, 0.1) is 18.7 Å². The second kappa shape index (κ2) is 6.02. The molecule has 1 atom stereocenters. The van der Waals surface area contributed by atoms with E-state index in [-0.39, 0.29) is 11.9 Å². The molecule has 1 fully saturated rings. The van der Waals surface area contributed by atoms with Crippen LogP contribution in [0.25, 0.3) is 0 Å². The molecule has 4 nitrogen and oxygen atoms in total. The molecule has 1 heterocycles. The zero-order valence-corrected chi connectivity index (χ0v) is 12.8. The number of anilines is 1. The number of amides is 1. The third kappa shape index (κ3) is 2.86. The van der Waals surface area contributed by atoms with Crippen molar-refractivity contribution < 1.29 is 4.79 Å². The fourth-order valence-electron chi connectivity index (χ4n) is 2.47. The average molecular weight is 293 g/mol. The molecule has 0 bridgehead atoms. The number of nitrogens with zero attached hydrogens (tertiary/aromatic N) is 3. The van der Waals surface area contributed by atoms with Crippen molar-refractivity contribution in [3.8, 4) is 0 Å². The van der Waals surface area contributed by atoms with Crippen LogP contribution in [0.4, 0.5) is 5.69 Å². The van der Waals surface area contributed by atoms with Gasteiger partial charge in [-0.1, -0.05) is 42.5 Å². The second-order valence-corrected chi connectivity index (χ2v) is 5.60. The van der Waals surface area contributed by atoms with E-state index >= 15 is 0 Å². The van der Waals surface area contributed by atoms with Crippen LogP contribution < -0.4 is 4.90 Å². The minimum atomic E-state index is 0.0611. The highest BCUT2D eigenvalue weighted by atomic mass is 16.2. The van der Waals surface area contributed by atoms with E-state index in [1.165, 1.54) is 0 Å². The molecule has 2 aromatic carbocycles. The Kier molecular flexibility index (Phi) is 3.92. The van der Waals surface area contributed by atoms with Gasteiger partial charge in [-0.15, -0.1) is 0 Å². The summed E-state index contributed by atoms with van der Waals surface area (Å²) >= 11 is 0. The Morgan fingerprint density at radius 2 is 1.77 bits per heavy atom. The van der Waals surface area contributed by atoms with Crippen LogP contribution in [0.1, 0.15) is 23.6 Å². The monoisotopic (exact) mass is 293 g/mol. The lowest BCUT2D eigenvalue weighted by Crippen LogP contribution is -2.42. The van der Waals surface area contributed by atoms with Gasteiger partial charge in [0.15, 0.2) is 0 Å². The van der Waals surface area contributed by atoms with E-state index in [9.17, 15) is 4.79 Å². The number of hydrogen-bond donors (Lipinski definition) is 0. The summed E-state index contributed by atoms with van der Waals surface area (Å²) in [5.41, 5.74) is 3.25. The molecule has 4 heteroatoms. The molecule has 1 aliphatic rings. The third-order valence-corrected chi connectivity index (χ3v) is 3.84. The van der Waals surface area contributed by atoms with Crippen LogP contribution in [0.5, 0.6) is 0 Å². The predicted molar refractivity (Wildman–Crippen MR) is 89.0 cm³/mol. The van der Waals surface area contributed by atoms with Gasteiger partial charge in [0.25, 0.3) is 0 Å². The SMILES string of the molecule is CN(C)c1ccc(/C=N\N2C(=O)C[C@@H]2c2ccccc2)cc1. The molecule has 1 saturated heterocycles. The summed E-state index contributed by atoms with van der Waals surface area (Å²) in [5.74, 6) is 0.0648. The van der Waals surface area contributed by atoms with Crippen molar-refractivity contribution in [2.75, 3.05) is 19.0 Å². The summed E-state index contributed by atoms with van der Waals surface area (Å²) in [6, 6.07) is 18.1. The van der Waals surface area contributed by atoms with Crippen molar-refractivity contribution >= 4 is 17.8 Å². The van der Waals surface area contributed by atoms with Crippen LogP contribution in [0, 0.1) is 0 Å². The number of carbonyl (C=O) groups excluding carboxylic acids is 1. The standard InChI is InChI=1S/C18H19N3O/c1-20(2)16-10-8-14(9-11-16)13-19-21-17(12-18(21)22)15-6-4-3-5-7-15/h3-11,13,17H,12H2,1-2H3/b19-13-/t17-/m1/s1. The summed E-state index contributed by atoms with van der Waals surface area (Å²) in [4.78, 5) is 13.8. The molecule has 0 saturated carbocycles. The Hall–Kier alpha value is -2.62. The van der Waals surface area contributed by atoms with Gasteiger partial charge in [0.1, 0.15) is 0 Å². The predicted octanol–water partition coefficient (Wildman–Crippen LogP) is 3.06. The molecular formula is C18H19N3O. The second-order valence-electron chi connectivity index (χ2n) is 5.60. The molecule has 0 aromatic heterocycles. The zero-order valence-electron chi connectivity index (χ0n) is 12.8. The van der Waals surface area contributed by atoms with E-state index in [0.717, 1.165) is 16.8 Å². The lowest BCUT2D eigenvalue weighted by Gasteiger charge is -2.36. The molecule has 1 amide bonds. The van der Waals surface area contributed by atoms with Crippen LogP contribution in [-0.4, -0.2) is 31.2 Å². The number of hydrogen-bond acceptors (Lipinski definition) is 3. The van der Waals surface area contributed by atoms with Gasteiger partial charge in [-0.2, -0.15) is 5.10 Å². The van der Waals surface area contributed by atoms with Crippen molar-refractivity contribution in [2.45, 2.75) is 12.5 Å². The fourth-order valence-corrected chi connectivity index (χ4v) is 2.47. The zero-order chi connectivity index (χ0) is 15.5. The average Bonchev–Trinajstić information content (AvgIpc) is 2.54. The molecule has 112 valence electrons. The number of rotatable bonds is 4. The maximum Gasteiger partial charge on any atom is 0.245 e. The Labute approximate surface area is 130 Å². The largest absolute Gasteiger partial charge is 0.378 e. The van der Waals surface area contributed by atoms with Crippen molar-refractivity contribution in [2.24, 2.45) is 5.10 Å².